The van der Waals surface area contributed by atoms with Crippen LogP contribution < -0.4 is 21.7 Å². The third kappa shape index (κ3) is 3.46. The van der Waals surface area contributed by atoms with Crippen LogP contribution in [-0.4, -0.2) is 45.8 Å². The van der Waals surface area contributed by atoms with E-state index in [1.165, 1.54) is 5.69 Å². The van der Waals surface area contributed by atoms with Crippen LogP contribution >= 0.6 is 0 Å². The third-order valence-corrected chi connectivity index (χ3v) is 5.07. The lowest BCUT2D eigenvalue weighted by molar-refractivity contribution is 0.122. The van der Waals surface area contributed by atoms with Crippen molar-refractivity contribution >= 4 is 40.0 Å². The highest BCUT2D eigenvalue weighted by atomic mass is 16.5. The SMILES string of the molecule is Nc1cccc(-n2cnc3c(N)nc(Nc4ccc(N5CCOCC5)cc4)nc32)c1. The molecule has 2 aromatic carbocycles. The maximum Gasteiger partial charge on any atom is 0.231 e. The number of nitrogens with two attached hydrogens (primary N) is 2. The molecular formula is C21H22N8O. The highest BCUT2D eigenvalue weighted by molar-refractivity contribution is 5.84. The van der Waals surface area contributed by atoms with Crippen LogP contribution in [0, 0.1) is 0 Å². The number of nitrogen functional groups attached to an aromatic ring is 2. The van der Waals surface area contributed by atoms with E-state index in [9.17, 15) is 0 Å². The number of imidazole rings is 1. The summed E-state index contributed by atoms with van der Waals surface area (Å²) >= 11 is 0. The van der Waals surface area contributed by atoms with Crippen LogP contribution in [0.15, 0.2) is 54.9 Å². The van der Waals surface area contributed by atoms with Crippen molar-refractivity contribution in [3.8, 4) is 5.69 Å². The van der Waals surface area contributed by atoms with Crippen molar-refractivity contribution in [1.29, 1.82) is 0 Å². The first kappa shape index (κ1) is 18.2. The molecular weight excluding hydrogens is 380 g/mol. The summed E-state index contributed by atoms with van der Waals surface area (Å²) < 4.78 is 7.26. The molecule has 1 fully saturated rings. The number of aromatic nitrogens is 4. The molecule has 0 radical (unpaired) electrons. The van der Waals surface area contributed by atoms with Gasteiger partial charge in [0.15, 0.2) is 17.0 Å². The van der Waals surface area contributed by atoms with Crippen molar-refractivity contribution < 1.29 is 4.74 Å². The van der Waals surface area contributed by atoms with Crippen molar-refractivity contribution in [1.82, 2.24) is 19.5 Å². The van der Waals surface area contributed by atoms with E-state index in [1.54, 1.807) is 6.33 Å². The molecule has 1 aliphatic heterocycles. The summed E-state index contributed by atoms with van der Waals surface area (Å²) in [4.78, 5) is 15.7. The Balaban J connectivity index is 1.44. The van der Waals surface area contributed by atoms with E-state index in [0.717, 1.165) is 37.7 Å². The van der Waals surface area contributed by atoms with E-state index in [2.05, 4.69) is 37.3 Å². The molecule has 3 heterocycles. The fraction of sp³-hybridized carbons (Fsp3) is 0.190. The third-order valence-electron chi connectivity index (χ3n) is 5.07. The average molecular weight is 402 g/mol. The van der Waals surface area contributed by atoms with Crippen LogP contribution in [-0.2, 0) is 4.74 Å². The first-order valence-corrected chi connectivity index (χ1v) is 9.74. The van der Waals surface area contributed by atoms with Gasteiger partial charge in [-0.15, -0.1) is 0 Å². The first-order valence-electron chi connectivity index (χ1n) is 9.74. The summed E-state index contributed by atoms with van der Waals surface area (Å²) in [5, 5.41) is 3.24. The topological polar surface area (TPSA) is 120 Å². The molecule has 1 saturated heterocycles. The lowest BCUT2D eigenvalue weighted by atomic mass is 10.2. The Hall–Kier alpha value is -3.85. The van der Waals surface area contributed by atoms with Gasteiger partial charge in [0.05, 0.1) is 18.9 Å². The Morgan fingerprint density at radius 2 is 1.73 bits per heavy atom. The quantitative estimate of drug-likeness (QED) is 0.446. The van der Waals surface area contributed by atoms with Gasteiger partial charge in [0, 0.05) is 30.2 Å². The van der Waals surface area contributed by atoms with Crippen LogP contribution in [0.2, 0.25) is 0 Å². The van der Waals surface area contributed by atoms with Gasteiger partial charge in [0.2, 0.25) is 5.95 Å². The predicted octanol–water partition coefficient (Wildman–Crippen LogP) is 2.56. The Morgan fingerprint density at radius 1 is 0.933 bits per heavy atom. The van der Waals surface area contributed by atoms with E-state index in [0.29, 0.717) is 28.6 Å². The zero-order chi connectivity index (χ0) is 20.5. The minimum Gasteiger partial charge on any atom is -0.399 e. The molecule has 152 valence electrons. The number of nitrogens with zero attached hydrogens (tertiary/aromatic N) is 5. The van der Waals surface area contributed by atoms with Crippen molar-refractivity contribution in [2.45, 2.75) is 0 Å². The maximum atomic E-state index is 6.14. The van der Waals surface area contributed by atoms with Gasteiger partial charge < -0.3 is 26.4 Å². The number of rotatable bonds is 4. The second-order valence-electron chi connectivity index (χ2n) is 7.09. The number of anilines is 5. The number of hydrogen-bond acceptors (Lipinski definition) is 8. The molecule has 0 atom stereocenters. The Bertz CT molecular complexity index is 1180. The molecule has 0 amide bonds. The number of ether oxygens (including phenoxy) is 1. The summed E-state index contributed by atoms with van der Waals surface area (Å²) in [5.74, 6) is 0.722. The molecule has 9 nitrogen and oxygen atoms in total. The van der Waals surface area contributed by atoms with Crippen LogP contribution in [0.4, 0.5) is 28.8 Å². The van der Waals surface area contributed by atoms with Gasteiger partial charge in [-0.1, -0.05) is 6.07 Å². The van der Waals surface area contributed by atoms with Crippen LogP contribution in [0.3, 0.4) is 0 Å². The summed E-state index contributed by atoms with van der Waals surface area (Å²) in [7, 11) is 0. The lowest BCUT2D eigenvalue weighted by Gasteiger charge is -2.28. The molecule has 9 heteroatoms. The summed E-state index contributed by atoms with van der Waals surface area (Å²) in [6.45, 7) is 3.32. The van der Waals surface area contributed by atoms with Gasteiger partial charge in [-0.2, -0.15) is 9.97 Å². The van der Waals surface area contributed by atoms with Crippen molar-refractivity contribution in [3.63, 3.8) is 0 Å². The summed E-state index contributed by atoms with van der Waals surface area (Å²) in [5.41, 5.74) is 16.8. The standard InChI is InChI=1S/C21H22N8O/c22-14-2-1-3-17(12-14)29-13-24-18-19(23)26-21(27-20(18)29)25-15-4-6-16(7-5-15)28-8-10-30-11-9-28/h1-7,12-13H,8-11,22H2,(H3,23,25,26,27). The number of fused-ring (bicyclic) bond motifs is 1. The number of hydrogen-bond donors (Lipinski definition) is 3. The largest absolute Gasteiger partial charge is 0.399 e. The van der Waals surface area contributed by atoms with Crippen molar-refractivity contribution in [2.75, 3.05) is 48.0 Å². The molecule has 0 aliphatic carbocycles. The Labute approximate surface area is 173 Å². The van der Waals surface area contributed by atoms with Crippen LogP contribution in [0.1, 0.15) is 0 Å². The van der Waals surface area contributed by atoms with Gasteiger partial charge >= 0.3 is 0 Å². The molecule has 0 saturated carbocycles. The summed E-state index contributed by atoms with van der Waals surface area (Å²) in [6, 6.07) is 15.7. The molecule has 5 rings (SSSR count). The lowest BCUT2D eigenvalue weighted by Crippen LogP contribution is -2.36. The molecule has 0 spiro atoms. The van der Waals surface area contributed by atoms with Gasteiger partial charge in [-0.05, 0) is 42.5 Å². The van der Waals surface area contributed by atoms with Gasteiger partial charge in [-0.3, -0.25) is 4.57 Å². The molecule has 2 aromatic heterocycles. The monoisotopic (exact) mass is 402 g/mol. The fourth-order valence-corrected chi connectivity index (χ4v) is 3.55. The molecule has 30 heavy (non-hydrogen) atoms. The Kier molecular flexibility index (Phi) is 4.56. The van der Waals surface area contributed by atoms with Crippen LogP contribution in [0.5, 0.6) is 0 Å². The second kappa shape index (κ2) is 7.53. The zero-order valence-corrected chi connectivity index (χ0v) is 16.3. The van der Waals surface area contributed by atoms with E-state index in [1.807, 2.05) is 41.0 Å². The minimum atomic E-state index is 0.315. The van der Waals surface area contributed by atoms with Crippen LogP contribution in [0.25, 0.3) is 16.9 Å². The van der Waals surface area contributed by atoms with Crippen molar-refractivity contribution in [2.24, 2.45) is 0 Å². The highest BCUT2D eigenvalue weighted by Crippen LogP contribution is 2.25. The first-order chi connectivity index (χ1) is 14.7. The highest BCUT2D eigenvalue weighted by Gasteiger charge is 2.14. The fourth-order valence-electron chi connectivity index (χ4n) is 3.55. The number of nitrogens with one attached hydrogen (secondary N) is 1. The smallest absolute Gasteiger partial charge is 0.231 e. The van der Waals surface area contributed by atoms with E-state index in [4.69, 9.17) is 16.2 Å². The van der Waals surface area contributed by atoms with E-state index in [-0.39, 0.29) is 0 Å². The molecule has 5 N–H and O–H groups in total. The second-order valence-corrected chi connectivity index (χ2v) is 7.09. The number of morpholine rings is 1. The molecule has 4 aromatic rings. The molecule has 0 bridgehead atoms. The van der Waals surface area contributed by atoms with Gasteiger partial charge in [-0.25, -0.2) is 4.98 Å². The minimum absolute atomic E-state index is 0.315. The van der Waals surface area contributed by atoms with E-state index >= 15 is 0 Å². The van der Waals surface area contributed by atoms with E-state index < -0.39 is 0 Å². The van der Waals surface area contributed by atoms with Crippen molar-refractivity contribution in [3.05, 3.63) is 54.9 Å². The normalized spacial score (nSPS) is 14.2. The zero-order valence-electron chi connectivity index (χ0n) is 16.3. The average Bonchev–Trinajstić information content (AvgIpc) is 3.19. The van der Waals surface area contributed by atoms with Gasteiger partial charge in [0.1, 0.15) is 6.33 Å². The number of benzene rings is 2. The predicted molar refractivity (Wildman–Crippen MR) is 118 cm³/mol. The van der Waals surface area contributed by atoms with Gasteiger partial charge in [0.25, 0.3) is 0 Å². The molecule has 1 aliphatic rings. The maximum absolute atomic E-state index is 6.14. The Morgan fingerprint density at radius 3 is 2.50 bits per heavy atom. The molecule has 0 unspecified atom stereocenters. The summed E-state index contributed by atoms with van der Waals surface area (Å²) in [6.07, 6.45) is 1.67.